The van der Waals surface area contributed by atoms with Crippen LogP contribution in [0.5, 0.6) is 11.5 Å². The molecule has 0 bridgehead atoms. The van der Waals surface area contributed by atoms with Gasteiger partial charge in [0.15, 0.2) is 0 Å². The Morgan fingerprint density at radius 1 is 1.00 bits per heavy atom. The maximum absolute atomic E-state index is 6.12. The second kappa shape index (κ2) is 12.6. The minimum absolute atomic E-state index is 0.110. The summed E-state index contributed by atoms with van der Waals surface area (Å²) in [6, 6.07) is 17.1. The number of ether oxygens (including phenoxy) is 2. The molecule has 0 radical (unpaired) electrons. The average molecular weight is 471 g/mol. The molecule has 0 aliphatic heterocycles. The van der Waals surface area contributed by atoms with Crippen molar-refractivity contribution < 1.29 is 9.47 Å². The Kier molecular flexibility index (Phi) is 9.60. The van der Waals surface area contributed by atoms with Crippen LogP contribution in [-0.4, -0.2) is 13.2 Å². The van der Waals surface area contributed by atoms with Crippen LogP contribution in [0.2, 0.25) is 0 Å². The van der Waals surface area contributed by atoms with E-state index in [1.54, 1.807) is 0 Å². The van der Waals surface area contributed by atoms with Gasteiger partial charge in [-0.15, -0.1) is 0 Å². The van der Waals surface area contributed by atoms with Crippen molar-refractivity contribution in [3.63, 3.8) is 0 Å². The van der Waals surface area contributed by atoms with E-state index < -0.39 is 0 Å². The molecule has 0 fully saturated rings. The second-order valence-electron chi connectivity index (χ2n) is 10.2. The third-order valence-corrected chi connectivity index (χ3v) is 7.36. The zero-order valence-electron chi connectivity index (χ0n) is 21.9. The Morgan fingerprint density at radius 2 is 1.60 bits per heavy atom. The van der Waals surface area contributed by atoms with Gasteiger partial charge in [-0.2, -0.15) is 0 Å². The van der Waals surface area contributed by atoms with Crippen LogP contribution in [0, 0.1) is 11.8 Å². The first-order valence-electron chi connectivity index (χ1n) is 13.0. The predicted octanol–water partition coefficient (Wildman–Crippen LogP) is 8.84. The molecule has 0 aromatic heterocycles. The van der Waals surface area contributed by atoms with Crippen LogP contribution >= 0.6 is 0 Å². The first-order valence-corrected chi connectivity index (χ1v) is 13.0. The molecule has 186 valence electrons. The summed E-state index contributed by atoms with van der Waals surface area (Å²) in [4.78, 5) is 0. The molecule has 2 heteroatoms. The maximum Gasteiger partial charge on any atom is 0.119 e. The van der Waals surface area contributed by atoms with Crippen molar-refractivity contribution in [2.45, 2.75) is 58.3 Å². The highest BCUT2D eigenvalue weighted by molar-refractivity contribution is 5.42. The monoisotopic (exact) mass is 470 g/mol. The summed E-state index contributed by atoms with van der Waals surface area (Å²) in [5, 5.41) is 0. The summed E-state index contributed by atoms with van der Waals surface area (Å²) in [7, 11) is 0. The lowest BCUT2D eigenvalue weighted by Gasteiger charge is -2.26. The summed E-state index contributed by atoms with van der Waals surface area (Å²) in [6.07, 6.45) is 11.5. The number of rotatable bonds is 14. The van der Waals surface area contributed by atoms with Gasteiger partial charge in [0.1, 0.15) is 11.5 Å². The molecule has 1 aliphatic carbocycles. The lowest BCUT2D eigenvalue weighted by Crippen LogP contribution is -2.19. The summed E-state index contributed by atoms with van der Waals surface area (Å²) >= 11 is 0. The fourth-order valence-electron chi connectivity index (χ4n) is 4.54. The van der Waals surface area contributed by atoms with E-state index >= 15 is 0 Å². The third kappa shape index (κ3) is 7.49. The first kappa shape index (κ1) is 26.6. The van der Waals surface area contributed by atoms with Crippen molar-refractivity contribution in [1.29, 1.82) is 0 Å². The van der Waals surface area contributed by atoms with Crippen molar-refractivity contribution >= 4 is 0 Å². The summed E-state index contributed by atoms with van der Waals surface area (Å²) in [6.45, 7) is 19.9. The van der Waals surface area contributed by atoms with Crippen LogP contribution in [-0.2, 0) is 5.41 Å². The lowest BCUT2D eigenvalue weighted by atomic mass is 9.78. The topological polar surface area (TPSA) is 18.5 Å². The van der Waals surface area contributed by atoms with Gasteiger partial charge in [0.05, 0.1) is 13.2 Å². The Bertz CT molecular complexity index is 1010. The highest BCUT2D eigenvalue weighted by Crippen LogP contribution is 2.34. The van der Waals surface area contributed by atoms with E-state index in [4.69, 9.17) is 9.47 Å². The Hall–Kier alpha value is -3.00. The van der Waals surface area contributed by atoms with Crippen molar-refractivity contribution in [2.24, 2.45) is 11.8 Å². The van der Waals surface area contributed by atoms with Crippen LogP contribution in [0.15, 0.2) is 97.6 Å². The van der Waals surface area contributed by atoms with Gasteiger partial charge in [0.2, 0.25) is 0 Å². The van der Waals surface area contributed by atoms with Crippen molar-refractivity contribution in [3.05, 3.63) is 109 Å². The van der Waals surface area contributed by atoms with Gasteiger partial charge in [0.25, 0.3) is 0 Å². The molecule has 0 amide bonds. The molecule has 2 unspecified atom stereocenters. The van der Waals surface area contributed by atoms with Crippen LogP contribution in [0.1, 0.15) is 64.0 Å². The van der Waals surface area contributed by atoms with Gasteiger partial charge < -0.3 is 9.47 Å². The molecule has 0 saturated heterocycles. The largest absolute Gasteiger partial charge is 0.493 e. The van der Waals surface area contributed by atoms with Gasteiger partial charge in [-0.05, 0) is 67.0 Å². The Balaban J connectivity index is 1.55. The highest BCUT2D eigenvalue weighted by atomic mass is 16.5. The zero-order valence-corrected chi connectivity index (χ0v) is 21.9. The van der Waals surface area contributed by atoms with Gasteiger partial charge in [-0.3, -0.25) is 0 Å². The molecule has 0 saturated carbocycles. The van der Waals surface area contributed by atoms with E-state index in [1.165, 1.54) is 16.7 Å². The maximum atomic E-state index is 6.12. The van der Waals surface area contributed by atoms with E-state index in [-0.39, 0.29) is 5.41 Å². The number of hydrogen-bond acceptors (Lipinski definition) is 2. The van der Waals surface area contributed by atoms with Crippen molar-refractivity contribution in [1.82, 2.24) is 0 Å². The van der Waals surface area contributed by atoms with Gasteiger partial charge in [0, 0.05) is 11.3 Å². The minimum Gasteiger partial charge on any atom is -0.493 e. The number of allylic oxidation sites excluding steroid dienone is 4. The molecule has 2 aromatic rings. The first-order chi connectivity index (χ1) is 16.8. The molecule has 35 heavy (non-hydrogen) atoms. The van der Waals surface area contributed by atoms with E-state index in [1.807, 2.05) is 12.2 Å². The van der Waals surface area contributed by atoms with Crippen LogP contribution in [0.3, 0.4) is 0 Å². The van der Waals surface area contributed by atoms with Gasteiger partial charge in [-0.1, -0.05) is 101 Å². The second-order valence-corrected chi connectivity index (χ2v) is 10.2. The lowest BCUT2D eigenvalue weighted by molar-refractivity contribution is 0.236. The number of hydrogen-bond donors (Lipinski definition) is 0. The molecule has 3 rings (SSSR count). The van der Waals surface area contributed by atoms with E-state index in [2.05, 4.69) is 95.1 Å². The van der Waals surface area contributed by atoms with Crippen molar-refractivity contribution in [3.8, 4) is 11.5 Å². The number of benzene rings is 2. The molecule has 0 N–H and O–H groups in total. The molecule has 2 nitrogen and oxygen atoms in total. The van der Waals surface area contributed by atoms with E-state index in [0.717, 1.165) is 62.4 Å². The molecule has 0 heterocycles. The van der Waals surface area contributed by atoms with E-state index in [0.29, 0.717) is 11.8 Å². The average Bonchev–Trinajstić information content (AvgIpc) is 3.36. The van der Waals surface area contributed by atoms with Gasteiger partial charge in [-0.25, -0.2) is 0 Å². The molecular formula is C33H42O2. The van der Waals surface area contributed by atoms with Crippen LogP contribution < -0.4 is 9.47 Å². The fourth-order valence-corrected chi connectivity index (χ4v) is 4.54. The SMILES string of the molecule is C=CC(=C)CCC(CC)COc1ccc(C(C)(C)c2ccc(OCC3C=C(C=C)CC3)cc2)cc1. The smallest absolute Gasteiger partial charge is 0.119 e. The van der Waals surface area contributed by atoms with Crippen molar-refractivity contribution in [2.75, 3.05) is 13.2 Å². The minimum atomic E-state index is -0.110. The van der Waals surface area contributed by atoms with Crippen LogP contribution in [0.25, 0.3) is 0 Å². The van der Waals surface area contributed by atoms with Crippen LogP contribution in [0.4, 0.5) is 0 Å². The summed E-state index contributed by atoms with van der Waals surface area (Å²) in [5.41, 5.74) is 4.86. The molecular weight excluding hydrogens is 428 g/mol. The molecule has 2 aromatic carbocycles. The molecule has 2 atom stereocenters. The standard InChI is InChI=1S/C33H42O2/c1-7-25(4)10-11-27(9-3)23-34-31-18-14-29(15-19-31)33(5,6)30-16-20-32(21-17-30)35-24-28-13-12-26(8-2)22-28/h7-8,14-22,27-28H,1-2,4,9-13,23-24H2,3,5-6H3. The fraction of sp³-hybridized carbons (Fsp3) is 0.394. The Morgan fingerprint density at radius 3 is 2.11 bits per heavy atom. The third-order valence-electron chi connectivity index (χ3n) is 7.36. The van der Waals surface area contributed by atoms with Gasteiger partial charge >= 0.3 is 0 Å². The normalized spacial score (nSPS) is 16.3. The Labute approximate surface area is 213 Å². The highest BCUT2D eigenvalue weighted by Gasteiger charge is 2.23. The summed E-state index contributed by atoms with van der Waals surface area (Å²) < 4.78 is 12.2. The summed E-state index contributed by atoms with van der Waals surface area (Å²) in [5.74, 6) is 2.86. The predicted molar refractivity (Wildman–Crippen MR) is 149 cm³/mol. The zero-order chi connectivity index (χ0) is 25.3. The van der Waals surface area contributed by atoms with E-state index in [9.17, 15) is 0 Å². The molecule has 0 spiro atoms. The molecule has 1 aliphatic rings. The quantitative estimate of drug-likeness (QED) is 0.257.